The van der Waals surface area contributed by atoms with Crippen molar-refractivity contribution < 1.29 is 9.21 Å². The fraction of sp³-hybridized carbons (Fsp3) is 0.263. The van der Waals surface area contributed by atoms with Crippen LogP contribution in [0.25, 0.3) is 11.5 Å². The molecule has 1 unspecified atom stereocenters. The Balaban J connectivity index is 1.72. The zero-order valence-corrected chi connectivity index (χ0v) is 15.3. The van der Waals surface area contributed by atoms with Crippen LogP contribution in [0.3, 0.4) is 0 Å². The summed E-state index contributed by atoms with van der Waals surface area (Å²) in [6.45, 7) is 2.27. The summed E-state index contributed by atoms with van der Waals surface area (Å²) in [6.07, 6.45) is 0. The van der Waals surface area contributed by atoms with Crippen LogP contribution >= 0.6 is 11.3 Å². The number of oxazole rings is 1. The van der Waals surface area contributed by atoms with Crippen molar-refractivity contribution in [2.75, 3.05) is 20.6 Å². The van der Waals surface area contributed by atoms with E-state index in [0.29, 0.717) is 23.9 Å². The highest BCUT2D eigenvalue weighted by atomic mass is 32.1. The molecule has 6 heteroatoms. The summed E-state index contributed by atoms with van der Waals surface area (Å²) in [5.74, 6) is 0.770. The fourth-order valence-electron chi connectivity index (χ4n) is 2.60. The number of nitrogens with zero attached hydrogens (tertiary/aromatic N) is 2. The summed E-state index contributed by atoms with van der Waals surface area (Å²) in [4.78, 5) is 20.2. The molecule has 130 valence electrons. The van der Waals surface area contributed by atoms with Crippen molar-refractivity contribution in [3.8, 4) is 11.5 Å². The van der Waals surface area contributed by atoms with Crippen molar-refractivity contribution in [3.63, 3.8) is 0 Å². The number of carbonyl (C=O) groups excluding carboxylic acids is 1. The number of carbonyl (C=O) groups is 1. The molecule has 25 heavy (non-hydrogen) atoms. The highest BCUT2D eigenvalue weighted by Crippen LogP contribution is 2.23. The van der Waals surface area contributed by atoms with Crippen LogP contribution in [0, 0.1) is 6.92 Å². The number of benzene rings is 1. The highest BCUT2D eigenvalue weighted by molar-refractivity contribution is 7.10. The Kier molecular flexibility index (Phi) is 5.31. The SMILES string of the molecule is Cc1oc(-c2ccccc2)nc1C(=O)NCC(c1cccs1)N(C)C. The summed E-state index contributed by atoms with van der Waals surface area (Å²) in [6, 6.07) is 13.8. The monoisotopic (exact) mass is 355 g/mol. The van der Waals surface area contributed by atoms with Crippen molar-refractivity contribution in [3.05, 3.63) is 64.2 Å². The van der Waals surface area contributed by atoms with E-state index in [1.165, 1.54) is 4.88 Å². The van der Waals surface area contributed by atoms with Gasteiger partial charge < -0.3 is 14.6 Å². The minimum atomic E-state index is -0.216. The van der Waals surface area contributed by atoms with Crippen molar-refractivity contribution in [1.82, 2.24) is 15.2 Å². The molecule has 0 radical (unpaired) electrons. The van der Waals surface area contributed by atoms with Crippen molar-refractivity contribution >= 4 is 17.2 Å². The van der Waals surface area contributed by atoms with Gasteiger partial charge in [-0.3, -0.25) is 4.79 Å². The number of thiophene rings is 1. The standard InChI is InChI=1S/C19H21N3O2S/c1-13-17(21-19(24-13)14-8-5-4-6-9-14)18(23)20-12-15(22(2)3)16-10-7-11-25-16/h4-11,15H,12H2,1-3H3,(H,20,23). The van der Waals surface area contributed by atoms with E-state index in [-0.39, 0.29) is 11.9 Å². The molecule has 3 rings (SSSR count). The Bertz CT molecular complexity index is 826. The lowest BCUT2D eigenvalue weighted by Gasteiger charge is -2.23. The normalized spacial score (nSPS) is 12.3. The predicted molar refractivity (Wildman–Crippen MR) is 99.8 cm³/mol. The lowest BCUT2D eigenvalue weighted by atomic mass is 10.2. The lowest BCUT2D eigenvalue weighted by Crippen LogP contribution is -2.34. The maximum Gasteiger partial charge on any atom is 0.273 e. The van der Waals surface area contributed by atoms with Crippen LogP contribution in [0.4, 0.5) is 0 Å². The molecular formula is C19H21N3O2S. The van der Waals surface area contributed by atoms with Gasteiger partial charge in [0.15, 0.2) is 5.69 Å². The molecule has 2 heterocycles. The summed E-state index contributed by atoms with van der Waals surface area (Å²) >= 11 is 1.68. The smallest absolute Gasteiger partial charge is 0.273 e. The fourth-order valence-corrected chi connectivity index (χ4v) is 3.53. The Hall–Kier alpha value is -2.44. The summed E-state index contributed by atoms with van der Waals surface area (Å²) in [7, 11) is 4.01. The maximum absolute atomic E-state index is 12.6. The number of likely N-dealkylation sites (N-methyl/N-ethyl adjacent to an activating group) is 1. The largest absolute Gasteiger partial charge is 0.441 e. The zero-order valence-electron chi connectivity index (χ0n) is 14.5. The van der Waals surface area contributed by atoms with E-state index in [0.717, 1.165) is 5.56 Å². The van der Waals surface area contributed by atoms with Gasteiger partial charge in [-0.1, -0.05) is 24.3 Å². The molecule has 3 aromatic rings. The van der Waals surface area contributed by atoms with Crippen molar-refractivity contribution in [2.45, 2.75) is 13.0 Å². The topological polar surface area (TPSA) is 58.4 Å². The Labute approximate surface area is 151 Å². The number of hydrogen-bond acceptors (Lipinski definition) is 5. The second kappa shape index (κ2) is 7.63. The minimum Gasteiger partial charge on any atom is -0.441 e. The van der Waals surface area contributed by atoms with Crippen molar-refractivity contribution in [1.29, 1.82) is 0 Å². The summed E-state index contributed by atoms with van der Waals surface area (Å²) in [5, 5.41) is 5.02. The van der Waals surface area contributed by atoms with Crippen LogP contribution in [0.15, 0.2) is 52.3 Å². The number of aryl methyl sites for hydroxylation is 1. The Morgan fingerprint density at radius 3 is 2.64 bits per heavy atom. The number of aromatic nitrogens is 1. The quantitative estimate of drug-likeness (QED) is 0.732. The van der Waals surface area contributed by atoms with E-state index in [9.17, 15) is 4.79 Å². The third-order valence-corrected chi connectivity index (χ3v) is 4.96. The number of nitrogens with one attached hydrogen (secondary N) is 1. The van der Waals surface area contributed by atoms with E-state index >= 15 is 0 Å². The number of hydrogen-bond donors (Lipinski definition) is 1. The molecule has 0 bridgehead atoms. The third-order valence-electron chi connectivity index (χ3n) is 3.98. The Morgan fingerprint density at radius 1 is 1.24 bits per heavy atom. The minimum absolute atomic E-state index is 0.129. The molecule has 5 nitrogen and oxygen atoms in total. The first-order chi connectivity index (χ1) is 12.1. The molecule has 1 N–H and O–H groups in total. The molecule has 1 amide bonds. The first-order valence-corrected chi connectivity index (χ1v) is 8.95. The molecule has 0 saturated carbocycles. The van der Waals surface area contributed by atoms with Gasteiger partial charge in [-0.05, 0) is 44.6 Å². The molecule has 0 aliphatic heterocycles. The average Bonchev–Trinajstić information content (AvgIpc) is 3.25. The second-order valence-electron chi connectivity index (χ2n) is 5.99. The molecule has 0 fully saturated rings. The van der Waals surface area contributed by atoms with Crippen molar-refractivity contribution in [2.24, 2.45) is 0 Å². The first kappa shape index (κ1) is 17.4. The number of rotatable bonds is 6. The van der Waals surface area contributed by atoms with Crippen LogP contribution < -0.4 is 5.32 Å². The third kappa shape index (κ3) is 3.97. The Morgan fingerprint density at radius 2 is 2.00 bits per heavy atom. The van der Waals surface area contributed by atoms with E-state index in [2.05, 4.69) is 21.3 Å². The van der Waals surface area contributed by atoms with E-state index < -0.39 is 0 Å². The first-order valence-electron chi connectivity index (χ1n) is 8.07. The van der Waals surface area contributed by atoms with Gasteiger partial charge in [-0.15, -0.1) is 11.3 Å². The van der Waals surface area contributed by atoms with Crippen LogP contribution in [0.2, 0.25) is 0 Å². The van der Waals surface area contributed by atoms with Gasteiger partial charge in [-0.25, -0.2) is 4.98 Å². The molecule has 0 saturated heterocycles. The molecule has 0 aliphatic rings. The van der Waals surface area contributed by atoms with Gasteiger partial charge in [-0.2, -0.15) is 0 Å². The van der Waals surface area contributed by atoms with Gasteiger partial charge in [0.1, 0.15) is 5.76 Å². The van der Waals surface area contributed by atoms with Crippen LogP contribution in [0.1, 0.15) is 27.2 Å². The highest BCUT2D eigenvalue weighted by Gasteiger charge is 2.21. The summed E-state index contributed by atoms with van der Waals surface area (Å²) in [5.41, 5.74) is 1.19. The van der Waals surface area contributed by atoms with Crippen LogP contribution in [0.5, 0.6) is 0 Å². The second-order valence-corrected chi connectivity index (χ2v) is 6.97. The van der Waals surface area contributed by atoms with E-state index in [1.807, 2.05) is 55.9 Å². The summed E-state index contributed by atoms with van der Waals surface area (Å²) < 4.78 is 5.67. The lowest BCUT2D eigenvalue weighted by molar-refractivity contribution is 0.0936. The zero-order chi connectivity index (χ0) is 17.8. The van der Waals surface area contributed by atoms with Crippen LogP contribution in [-0.4, -0.2) is 36.4 Å². The molecule has 0 spiro atoms. The molecule has 1 atom stereocenters. The molecule has 2 aromatic heterocycles. The van der Waals surface area contributed by atoms with E-state index in [4.69, 9.17) is 4.42 Å². The number of amides is 1. The average molecular weight is 355 g/mol. The van der Waals surface area contributed by atoms with Gasteiger partial charge in [0.05, 0.1) is 6.04 Å². The van der Waals surface area contributed by atoms with E-state index in [1.54, 1.807) is 18.3 Å². The van der Waals surface area contributed by atoms with Crippen LogP contribution in [-0.2, 0) is 0 Å². The molecule has 0 aliphatic carbocycles. The predicted octanol–water partition coefficient (Wildman–Crippen LogP) is 3.74. The van der Waals surface area contributed by atoms with Gasteiger partial charge in [0.2, 0.25) is 5.89 Å². The van der Waals surface area contributed by atoms with Gasteiger partial charge in [0, 0.05) is 17.0 Å². The van der Waals surface area contributed by atoms with Gasteiger partial charge >= 0.3 is 0 Å². The van der Waals surface area contributed by atoms with Gasteiger partial charge in [0.25, 0.3) is 5.91 Å². The maximum atomic E-state index is 12.6. The molecule has 1 aromatic carbocycles. The molecular weight excluding hydrogens is 334 g/mol.